The average Bonchev–Trinajstić information content (AvgIpc) is 3.07. The Labute approximate surface area is 128 Å². The third-order valence-corrected chi connectivity index (χ3v) is 5.63. The summed E-state index contributed by atoms with van der Waals surface area (Å²) in [7, 11) is 0. The number of nitrogens with zero attached hydrogens (tertiary/aromatic N) is 2. The Hall–Kier alpha value is -1.43. The number of thiazole rings is 1. The van der Waals surface area contributed by atoms with E-state index in [0.29, 0.717) is 13.0 Å². The van der Waals surface area contributed by atoms with Crippen LogP contribution in [0, 0.1) is 6.92 Å². The Bertz CT molecular complexity index is 563. The molecular weight excluding hydrogens is 286 g/mol. The molecule has 1 N–H and O–H groups in total. The molecule has 6 heteroatoms. The van der Waals surface area contributed by atoms with E-state index in [9.17, 15) is 9.59 Å². The maximum absolute atomic E-state index is 13.0. The van der Waals surface area contributed by atoms with Crippen molar-refractivity contribution in [2.24, 2.45) is 0 Å². The minimum atomic E-state index is -0.638. The van der Waals surface area contributed by atoms with Gasteiger partial charge in [0.1, 0.15) is 11.6 Å². The standard InChI is InChI=1S/C15H21N3O2S/c1-3-11-13(19)17-15(6-4-5-7-15)14(20)18(11)8-12-10(2)16-9-21-12/h9,11H,3-8H2,1-2H3,(H,17,19). The molecule has 2 heterocycles. The molecule has 1 unspecified atom stereocenters. The number of carbonyl (C=O) groups excluding carboxylic acids is 2. The summed E-state index contributed by atoms with van der Waals surface area (Å²) >= 11 is 1.55. The van der Waals surface area contributed by atoms with Crippen molar-refractivity contribution in [3.8, 4) is 0 Å². The largest absolute Gasteiger partial charge is 0.340 e. The zero-order chi connectivity index (χ0) is 15.0. The van der Waals surface area contributed by atoms with E-state index in [4.69, 9.17) is 0 Å². The molecule has 1 aromatic heterocycles. The molecule has 1 aromatic rings. The van der Waals surface area contributed by atoms with E-state index in [0.717, 1.165) is 36.3 Å². The predicted octanol–water partition coefficient (Wildman–Crippen LogP) is 2.00. The van der Waals surface area contributed by atoms with Crippen LogP contribution in [0.15, 0.2) is 5.51 Å². The van der Waals surface area contributed by atoms with Crippen molar-refractivity contribution in [3.05, 3.63) is 16.1 Å². The fourth-order valence-electron chi connectivity index (χ4n) is 3.47. The second kappa shape index (κ2) is 5.40. The Morgan fingerprint density at radius 3 is 2.71 bits per heavy atom. The lowest BCUT2D eigenvalue weighted by molar-refractivity contribution is -0.155. The molecule has 1 aliphatic carbocycles. The molecule has 0 bridgehead atoms. The summed E-state index contributed by atoms with van der Waals surface area (Å²) in [5, 5.41) is 3.02. The van der Waals surface area contributed by atoms with Crippen LogP contribution in [-0.4, -0.2) is 33.3 Å². The molecule has 114 valence electrons. The quantitative estimate of drug-likeness (QED) is 0.929. The van der Waals surface area contributed by atoms with Crippen molar-refractivity contribution >= 4 is 23.2 Å². The molecule has 1 aliphatic heterocycles. The number of rotatable bonds is 3. The molecule has 1 saturated heterocycles. The first-order chi connectivity index (χ1) is 10.1. The Morgan fingerprint density at radius 2 is 2.14 bits per heavy atom. The first-order valence-electron chi connectivity index (χ1n) is 7.59. The van der Waals surface area contributed by atoms with E-state index in [2.05, 4.69) is 10.3 Å². The third-order valence-electron chi connectivity index (χ3n) is 4.71. The zero-order valence-electron chi connectivity index (χ0n) is 12.5. The number of aryl methyl sites for hydroxylation is 1. The molecule has 2 aliphatic rings. The van der Waals surface area contributed by atoms with Gasteiger partial charge in [0, 0.05) is 4.88 Å². The number of carbonyl (C=O) groups is 2. The van der Waals surface area contributed by atoms with E-state index >= 15 is 0 Å². The van der Waals surface area contributed by atoms with Gasteiger partial charge in [0.25, 0.3) is 0 Å². The fraction of sp³-hybridized carbons (Fsp3) is 0.667. The SMILES string of the molecule is CCC1C(=O)NC2(CCCC2)C(=O)N1Cc1scnc1C. The highest BCUT2D eigenvalue weighted by Gasteiger charge is 2.51. The highest BCUT2D eigenvalue weighted by Crippen LogP contribution is 2.36. The second-order valence-corrected chi connectivity index (χ2v) is 6.94. The van der Waals surface area contributed by atoms with Crippen LogP contribution >= 0.6 is 11.3 Å². The zero-order valence-corrected chi connectivity index (χ0v) is 13.3. The van der Waals surface area contributed by atoms with Gasteiger partial charge < -0.3 is 10.2 Å². The van der Waals surface area contributed by atoms with Gasteiger partial charge in [-0.15, -0.1) is 11.3 Å². The topological polar surface area (TPSA) is 62.3 Å². The lowest BCUT2D eigenvalue weighted by Crippen LogP contribution is -2.69. The first-order valence-corrected chi connectivity index (χ1v) is 8.47. The Morgan fingerprint density at radius 1 is 1.43 bits per heavy atom. The van der Waals surface area contributed by atoms with Gasteiger partial charge in [-0.25, -0.2) is 4.98 Å². The van der Waals surface area contributed by atoms with Gasteiger partial charge in [-0.3, -0.25) is 9.59 Å². The summed E-state index contributed by atoms with van der Waals surface area (Å²) in [6.45, 7) is 4.41. The molecule has 0 radical (unpaired) electrons. The summed E-state index contributed by atoms with van der Waals surface area (Å²) in [5.41, 5.74) is 2.11. The van der Waals surface area contributed by atoms with Crippen molar-refractivity contribution in [3.63, 3.8) is 0 Å². The Kier molecular flexibility index (Phi) is 3.73. The molecule has 0 aromatic carbocycles. The minimum absolute atomic E-state index is 0.00108. The molecule has 1 spiro atoms. The van der Waals surface area contributed by atoms with Crippen LogP contribution in [0.4, 0.5) is 0 Å². The molecule has 1 saturated carbocycles. The summed E-state index contributed by atoms with van der Waals surface area (Å²) in [5.74, 6) is 0.0976. The van der Waals surface area contributed by atoms with Crippen LogP contribution in [0.3, 0.4) is 0 Å². The van der Waals surface area contributed by atoms with Gasteiger partial charge >= 0.3 is 0 Å². The highest BCUT2D eigenvalue weighted by atomic mass is 32.1. The molecule has 3 rings (SSSR count). The van der Waals surface area contributed by atoms with Crippen LogP contribution in [0.1, 0.15) is 49.6 Å². The average molecular weight is 307 g/mol. The van der Waals surface area contributed by atoms with Crippen LogP contribution in [0.5, 0.6) is 0 Å². The van der Waals surface area contributed by atoms with Gasteiger partial charge in [-0.2, -0.15) is 0 Å². The third kappa shape index (κ3) is 2.35. The Balaban J connectivity index is 1.91. The predicted molar refractivity (Wildman–Crippen MR) is 80.8 cm³/mol. The normalized spacial score (nSPS) is 24.7. The number of hydrogen-bond donors (Lipinski definition) is 1. The lowest BCUT2D eigenvalue weighted by atomic mass is 9.90. The van der Waals surface area contributed by atoms with Gasteiger partial charge in [-0.1, -0.05) is 19.8 Å². The number of nitrogens with one attached hydrogen (secondary N) is 1. The minimum Gasteiger partial charge on any atom is -0.340 e. The maximum Gasteiger partial charge on any atom is 0.249 e. The second-order valence-electron chi connectivity index (χ2n) is 6.00. The van der Waals surface area contributed by atoms with Crippen molar-refractivity contribution in [1.82, 2.24) is 15.2 Å². The fourth-order valence-corrected chi connectivity index (χ4v) is 4.24. The molecule has 2 fully saturated rings. The molecule has 21 heavy (non-hydrogen) atoms. The van der Waals surface area contributed by atoms with E-state index in [1.165, 1.54) is 0 Å². The number of aromatic nitrogens is 1. The lowest BCUT2D eigenvalue weighted by Gasteiger charge is -2.44. The molecule has 1 atom stereocenters. The van der Waals surface area contributed by atoms with Crippen molar-refractivity contribution < 1.29 is 9.59 Å². The number of piperazine rings is 1. The molecule has 2 amide bonds. The van der Waals surface area contributed by atoms with E-state index in [1.807, 2.05) is 13.8 Å². The summed E-state index contributed by atoms with van der Waals surface area (Å²) < 4.78 is 0. The summed E-state index contributed by atoms with van der Waals surface area (Å²) in [6.07, 6.45) is 4.20. The monoisotopic (exact) mass is 307 g/mol. The van der Waals surface area contributed by atoms with Gasteiger partial charge in [0.15, 0.2) is 0 Å². The van der Waals surface area contributed by atoms with E-state index in [-0.39, 0.29) is 17.9 Å². The van der Waals surface area contributed by atoms with E-state index in [1.54, 1.807) is 21.7 Å². The van der Waals surface area contributed by atoms with Gasteiger partial charge in [-0.05, 0) is 26.2 Å². The van der Waals surface area contributed by atoms with Crippen molar-refractivity contribution in [1.29, 1.82) is 0 Å². The highest BCUT2D eigenvalue weighted by molar-refractivity contribution is 7.09. The van der Waals surface area contributed by atoms with E-state index < -0.39 is 5.54 Å². The number of amides is 2. The van der Waals surface area contributed by atoms with Crippen molar-refractivity contribution in [2.45, 2.75) is 64.1 Å². The number of hydrogen-bond acceptors (Lipinski definition) is 4. The first kappa shape index (κ1) is 14.5. The van der Waals surface area contributed by atoms with Crippen LogP contribution in [0.2, 0.25) is 0 Å². The van der Waals surface area contributed by atoms with Crippen LogP contribution < -0.4 is 5.32 Å². The summed E-state index contributed by atoms with van der Waals surface area (Å²) in [4.78, 5) is 32.5. The maximum atomic E-state index is 13.0. The smallest absolute Gasteiger partial charge is 0.249 e. The molecular formula is C15H21N3O2S. The van der Waals surface area contributed by atoms with Gasteiger partial charge in [0.05, 0.1) is 17.7 Å². The van der Waals surface area contributed by atoms with Crippen molar-refractivity contribution in [2.75, 3.05) is 0 Å². The summed E-state index contributed by atoms with van der Waals surface area (Å²) in [6, 6.07) is -0.356. The molecule has 5 nitrogen and oxygen atoms in total. The van der Waals surface area contributed by atoms with Gasteiger partial charge in [0.2, 0.25) is 11.8 Å². The van der Waals surface area contributed by atoms with Crippen LogP contribution in [-0.2, 0) is 16.1 Å². The van der Waals surface area contributed by atoms with Crippen LogP contribution in [0.25, 0.3) is 0 Å².